The Morgan fingerprint density at radius 2 is 1.62 bits per heavy atom. The Bertz CT molecular complexity index is 695. The third-order valence-electron chi connectivity index (χ3n) is 4.70. The van der Waals surface area contributed by atoms with E-state index in [1.807, 2.05) is 0 Å². The molecule has 1 aliphatic rings. The van der Waals surface area contributed by atoms with E-state index >= 15 is 0 Å². The second-order valence-electron chi connectivity index (χ2n) is 5.78. The summed E-state index contributed by atoms with van der Waals surface area (Å²) in [7, 11) is 3.03. The zero-order valence-corrected chi connectivity index (χ0v) is 14.3. The number of allylic oxidation sites excluding steroid dienone is 2. The summed E-state index contributed by atoms with van der Waals surface area (Å²) in [6, 6.07) is 15.5. The van der Waals surface area contributed by atoms with Crippen LogP contribution in [0.3, 0.4) is 0 Å². The molecule has 1 aliphatic carbocycles. The lowest BCUT2D eigenvalue weighted by Gasteiger charge is -2.17. The van der Waals surface area contributed by atoms with E-state index in [1.165, 1.54) is 33.4 Å². The van der Waals surface area contributed by atoms with Gasteiger partial charge in [-0.15, -0.1) is 9.24 Å². The molecule has 21 heavy (non-hydrogen) atoms. The molecule has 2 atom stereocenters. The molecule has 0 amide bonds. The maximum atomic E-state index is 3.03. The summed E-state index contributed by atoms with van der Waals surface area (Å²) in [5.41, 5.74) is 10.8. The van der Waals surface area contributed by atoms with Crippen LogP contribution in [-0.2, 0) is 6.42 Å². The third-order valence-corrected chi connectivity index (χ3v) is 5.56. The molecule has 0 saturated carbocycles. The standard InChI is InChI=1S/C20H23P/c1-4-14-11-12-17-19(16(5-2)13(3)20(17)21)18(14)15-9-7-6-8-10-15/h6-12,20H,4-5,21H2,1-3H3. The van der Waals surface area contributed by atoms with Crippen molar-refractivity contribution in [1.82, 2.24) is 0 Å². The van der Waals surface area contributed by atoms with Crippen molar-refractivity contribution >= 4 is 14.8 Å². The SMILES string of the molecule is CCC1=C(C)C(P)c2ccc(CC)c(-c3ccccc3)c21. The lowest BCUT2D eigenvalue weighted by molar-refractivity contribution is 1.12. The smallest absolute Gasteiger partial charge is 0.0202 e. The Labute approximate surface area is 130 Å². The van der Waals surface area contributed by atoms with Gasteiger partial charge in [-0.05, 0) is 53.2 Å². The van der Waals surface area contributed by atoms with E-state index in [4.69, 9.17) is 0 Å². The number of hydrogen-bond acceptors (Lipinski definition) is 0. The van der Waals surface area contributed by atoms with E-state index in [-0.39, 0.29) is 0 Å². The van der Waals surface area contributed by atoms with Crippen molar-refractivity contribution in [3.63, 3.8) is 0 Å². The van der Waals surface area contributed by atoms with Crippen LogP contribution in [0.1, 0.15) is 49.5 Å². The number of aryl methyl sites for hydroxylation is 1. The fraction of sp³-hybridized carbons (Fsp3) is 0.300. The fourth-order valence-electron chi connectivity index (χ4n) is 3.55. The van der Waals surface area contributed by atoms with Gasteiger partial charge in [-0.2, -0.15) is 0 Å². The molecule has 0 N–H and O–H groups in total. The second-order valence-corrected chi connectivity index (χ2v) is 6.44. The van der Waals surface area contributed by atoms with Gasteiger partial charge in [0, 0.05) is 5.66 Å². The van der Waals surface area contributed by atoms with Crippen LogP contribution in [0.4, 0.5) is 0 Å². The Kier molecular flexibility index (Phi) is 4.00. The van der Waals surface area contributed by atoms with Crippen molar-refractivity contribution in [2.24, 2.45) is 0 Å². The highest BCUT2D eigenvalue weighted by Gasteiger charge is 2.28. The molecule has 0 heterocycles. The van der Waals surface area contributed by atoms with Crippen LogP contribution in [0.15, 0.2) is 48.0 Å². The first-order valence-electron chi connectivity index (χ1n) is 7.85. The Balaban J connectivity index is 2.34. The van der Waals surface area contributed by atoms with Crippen molar-refractivity contribution in [3.05, 3.63) is 64.7 Å². The fourth-order valence-corrected chi connectivity index (χ4v) is 4.03. The van der Waals surface area contributed by atoms with Gasteiger partial charge in [0.2, 0.25) is 0 Å². The van der Waals surface area contributed by atoms with E-state index in [9.17, 15) is 0 Å². The Morgan fingerprint density at radius 3 is 2.24 bits per heavy atom. The van der Waals surface area contributed by atoms with Gasteiger partial charge >= 0.3 is 0 Å². The van der Waals surface area contributed by atoms with Crippen LogP contribution < -0.4 is 0 Å². The summed E-state index contributed by atoms with van der Waals surface area (Å²) < 4.78 is 0. The molecular weight excluding hydrogens is 271 g/mol. The zero-order valence-electron chi connectivity index (χ0n) is 13.1. The van der Waals surface area contributed by atoms with Crippen molar-refractivity contribution < 1.29 is 0 Å². The van der Waals surface area contributed by atoms with Crippen LogP contribution in [0.25, 0.3) is 16.7 Å². The minimum absolute atomic E-state index is 0.475. The molecule has 0 aromatic heterocycles. The number of benzene rings is 2. The summed E-state index contributed by atoms with van der Waals surface area (Å²) in [4.78, 5) is 0. The van der Waals surface area contributed by atoms with Crippen LogP contribution in [-0.4, -0.2) is 0 Å². The molecule has 0 bridgehead atoms. The first-order chi connectivity index (χ1) is 10.2. The average Bonchev–Trinajstić information content (AvgIpc) is 2.78. The lowest BCUT2D eigenvalue weighted by atomic mass is 9.88. The topological polar surface area (TPSA) is 0 Å². The van der Waals surface area contributed by atoms with E-state index in [0.29, 0.717) is 5.66 Å². The second kappa shape index (κ2) is 5.78. The molecule has 0 radical (unpaired) electrons. The van der Waals surface area contributed by atoms with Crippen molar-refractivity contribution in [1.29, 1.82) is 0 Å². The van der Waals surface area contributed by atoms with Gasteiger partial charge in [-0.3, -0.25) is 0 Å². The molecule has 108 valence electrons. The minimum atomic E-state index is 0.475. The largest absolute Gasteiger partial charge is 0.125 e. The summed E-state index contributed by atoms with van der Waals surface area (Å²) in [6.07, 6.45) is 2.19. The lowest BCUT2D eigenvalue weighted by Crippen LogP contribution is -1.97. The molecule has 0 aliphatic heterocycles. The maximum Gasteiger partial charge on any atom is 0.0202 e. The number of hydrogen-bond donors (Lipinski definition) is 0. The molecule has 0 nitrogen and oxygen atoms in total. The molecule has 0 saturated heterocycles. The molecule has 1 heteroatoms. The quantitative estimate of drug-likeness (QED) is 0.606. The molecule has 0 spiro atoms. The predicted octanol–water partition coefficient (Wildman–Crippen LogP) is 6.03. The normalized spacial score (nSPS) is 17.2. The summed E-state index contributed by atoms with van der Waals surface area (Å²) >= 11 is 0. The van der Waals surface area contributed by atoms with Gasteiger partial charge in [-0.1, -0.05) is 61.9 Å². The van der Waals surface area contributed by atoms with Crippen molar-refractivity contribution in [2.45, 2.75) is 39.3 Å². The van der Waals surface area contributed by atoms with Crippen molar-refractivity contribution in [3.8, 4) is 11.1 Å². The Hall–Kier alpha value is -1.39. The summed E-state index contributed by atoms with van der Waals surface area (Å²) in [5.74, 6) is 0. The van der Waals surface area contributed by atoms with Crippen LogP contribution in [0.5, 0.6) is 0 Å². The molecular formula is C20H23P. The predicted molar refractivity (Wildman–Crippen MR) is 96.6 cm³/mol. The van der Waals surface area contributed by atoms with Crippen LogP contribution in [0, 0.1) is 0 Å². The highest BCUT2D eigenvalue weighted by atomic mass is 31.0. The molecule has 3 rings (SSSR count). The van der Waals surface area contributed by atoms with Gasteiger partial charge < -0.3 is 0 Å². The maximum absolute atomic E-state index is 3.03. The van der Waals surface area contributed by atoms with Gasteiger partial charge in [0.15, 0.2) is 0 Å². The first-order valence-corrected chi connectivity index (χ1v) is 8.52. The Morgan fingerprint density at radius 1 is 0.905 bits per heavy atom. The first kappa shape index (κ1) is 14.5. The molecule has 2 aromatic rings. The van der Waals surface area contributed by atoms with E-state index in [0.717, 1.165) is 12.8 Å². The van der Waals surface area contributed by atoms with Gasteiger partial charge in [-0.25, -0.2) is 0 Å². The average molecular weight is 294 g/mol. The van der Waals surface area contributed by atoms with Crippen molar-refractivity contribution in [2.75, 3.05) is 0 Å². The van der Waals surface area contributed by atoms with Crippen LogP contribution >= 0.6 is 9.24 Å². The summed E-state index contributed by atoms with van der Waals surface area (Å²) in [5, 5.41) is 0. The van der Waals surface area contributed by atoms with E-state index in [1.54, 1.807) is 5.57 Å². The monoisotopic (exact) mass is 294 g/mol. The van der Waals surface area contributed by atoms with E-state index in [2.05, 4.69) is 72.5 Å². The van der Waals surface area contributed by atoms with Gasteiger partial charge in [0.25, 0.3) is 0 Å². The molecule has 0 fully saturated rings. The molecule has 2 unspecified atom stereocenters. The number of rotatable bonds is 3. The van der Waals surface area contributed by atoms with Gasteiger partial charge in [0.05, 0.1) is 0 Å². The molecule has 2 aromatic carbocycles. The van der Waals surface area contributed by atoms with Gasteiger partial charge in [0.1, 0.15) is 0 Å². The summed E-state index contributed by atoms with van der Waals surface area (Å²) in [6.45, 7) is 6.82. The van der Waals surface area contributed by atoms with Crippen LogP contribution in [0.2, 0.25) is 0 Å². The zero-order chi connectivity index (χ0) is 15.0. The van der Waals surface area contributed by atoms with E-state index < -0.39 is 0 Å². The number of fused-ring (bicyclic) bond motifs is 1. The third kappa shape index (κ3) is 2.27. The highest BCUT2D eigenvalue weighted by Crippen LogP contribution is 2.50. The minimum Gasteiger partial charge on any atom is -0.125 e. The highest BCUT2D eigenvalue weighted by molar-refractivity contribution is 7.17.